The molecule has 2 aromatic rings. The number of anilines is 2. The highest BCUT2D eigenvalue weighted by molar-refractivity contribution is 5.98. The molecule has 2 aromatic carbocycles. The summed E-state index contributed by atoms with van der Waals surface area (Å²) in [6.45, 7) is 0. The summed E-state index contributed by atoms with van der Waals surface area (Å²) in [7, 11) is 3.14. The lowest BCUT2D eigenvalue weighted by Crippen LogP contribution is -2.31. The second-order valence-electron chi connectivity index (χ2n) is 4.28. The Balaban J connectivity index is 2.36. The van der Waals surface area contributed by atoms with E-state index in [9.17, 15) is 19.5 Å². The van der Waals surface area contributed by atoms with E-state index in [0.29, 0.717) is 0 Å². The molecular formula is C13H12N2O4. The molecule has 6 nitrogen and oxygen atoms in total. The molecule has 0 aliphatic carbocycles. The molecule has 0 saturated carbocycles. The lowest BCUT2D eigenvalue weighted by atomic mass is 10.1. The number of aromatic hydroxyl groups is 1. The van der Waals surface area contributed by atoms with E-state index in [4.69, 9.17) is 0 Å². The number of para-hydroxylation sites is 1. The van der Waals surface area contributed by atoms with Crippen LogP contribution in [0.1, 0.15) is 10.4 Å². The van der Waals surface area contributed by atoms with Gasteiger partial charge in [-0.2, -0.15) is 0 Å². The molecule has 0 spiro atoms. The number of amides is 1. The van der Waals surface area contributed by atoms with Crippen LogP contribution in [0.4, 0.5) is 11.4 Å². The van der Waals surface area contributed by atoms with Gasteiger partial charge in [-0.25, -0.2) is 0 Å². The SMILES string of the molecule is CN(C)C(=O)c1cccc(Nc2cc(=O)c2=O)c1O. The predicted octanol–water partition coefficient (Wildman–Crippen LogP) is 0.434. The molecule has 0 heterocycles. The maximum atomic E-state index is 11.8. The maximum absolute atomic E-state index is 11.8. The Kier molecular flexibility index (Phi) is 3.08. The van der Waals surface area contributed by atoms with Crippen LogP contribution in [-0.4, -0.2) is 30.0 Å². The van der Waals surface area contributed by atoms with E-state index in [1.54, 1.807) is 20.2 Å². The molecule has 2 N–H and O–H groups in total. The average Bonchev–Trinajstić information content (AvgIpc) is 2.39. The summed E-state index contributed by atoms with van der Waals surface area (Å²) >= 11 is 0. The number of nitrogens with zero attached hydrogens (tertiary/aromatic N) is 1. The van der Waals surface area contributed by atoms with Crippen LogP contribution in [-0.2, 0) is 0 Å². The van der Waals surface area contributed by atoms with Crippen molar-refractivity contribution in [2.24, 2.45) is 0 Å². The van der Waals surface area contributed by atoms with Crippen molar-refractivity contribution in [1.82, 2.24) is 4.90 Å². The van der Waals surface area contributed by atoms with Gasteiger partial charge < -0.3 is 15.3 Å². The number of benzene rings is 1. The van der Waals surface area contributed by atoms with Gasteiger partial charge in [-0.05, 0) is 12.1 Å². The Morgan fingerprint density at radius 2 is 1.89 bits per heavy atom. The molecule has 0 aliphatic heterocycles. The molecule has 0 aromatic heterocycles. The average molecular weight is 260 g/mol. The van der Waals surface area contributed by atoms with Crippen LogP contribution in [0.15, 0.2) is 33.9 Å². The van der Waals surface area contributed by atoms with Crippen molar-refractivity contribution in [2.75, 3.05) is 19.4 Å². The van der Waals surface area contributed by atoms with Gasteiger partial charge >= 0.3 is 0 Å². The van der Waals surface area contributed by atoms with Crippen LogP contribution in [0.25, 0.3) is 0 Å². The number of rotatable bonds is 3. The molecule has 2 rings (SSSR count). The first kappa shape index (κ1) is 12.8. The summed E-state index contributed by atoms with van der Waals surface area (Å²) in [6, 6.07) is 5.70. The normalized spacial score (nSPS) is 10.4. The lowest BCUT2D eigenvalue weighted by Gasteiger charge is -2.14. The van der Waals surface area contributed by atoms with Crippen LogP contribution in [0.2, 0.25) is 0 Å². The molecular weight excluding hydrogens is 248 g/mol. The van der Waals surface area contributed by atoms with Crippen LogP contribution in [0, 0.1) is 0 Å². The number of phenols is 1. The quantitative estimate of drug-likeness (QED) is 0.617. The maximum Gasteiger partial charge on any atom is 0.257 e. The minimum Gasteiger partial charge on any atom is -0.505 e. The monoisotopic (exact) mass is 260 g/mol. The summed E-state index contributed by atoms with van der Waals surface area (Å²) in [5, 5.41) is 12.6. The zero-order valence-corrected chi connectivity index (χ0v) is 10.4. The Morgan fingerprint density at radius 1 is 1.21 bits per heavy atom. The van der Waals surface area contributed by atoms with Gasteiger partial charge in [0.2, 0.25) is 10.9 Å². The molecule has 0 bridgehead atoms. The highest BCUT2D eigenvalue weighted by atomic mass is 16.3. The van der Waals surface area contributed by atoms with E-state index in [1.807, 2.05) is 0 Å². The van der Waals surface area contributed by atoms with Crippen LogP contribution in [0.3, 0.4) is 0 Å². The first-order valence-corrected chi connectivity index (χ1v) is 5.53. The van der Waals surface area contributed by atoms with Gasteiger partial charge in [-0.3, -0.25) is 14.4 Å². The van der Waals surface area contributed by atoms with Gasteiger partial charge in [0, 0.05) is 20.2 Å². The topological polar surface area (TPSA) is 86.7 Å². The Hall–Kier alpha value is -2.63. The summed E-state index contributed by atoms with van der Waals surface area (Å²) in [5.74, 6) is -0.611. The molecule has 0 radical (unpaired) electrons. The lowest BCUT2D eigenvalue weighted by molar-refractivity contribution is 0.0825. The van der Waals surface area contributed by atoms with Crippen molar-refractivity contribution in [2.45, 2.75) is 0 Å². The zero-order chi connectivity index (χ0) is 14.2. The molecule has 1 amide bonds. The van der Waals surface area contributed by atoms with Crippen LogP contribution in [0.5, 0.6) is 5.75 Å². The van der Waals surface area contributed by atoms with Gasteiger partial charge in [0.25, 0.3) is 5.91 Å². The number of phenolic OH excluding ortho intramolecular Hbond substituents is 1. The third-order valence-electron chi connectivity index (χ3n) is 2.69. The molecule has 0 saturated heterocycles. The third-order valence-corrected chi connectivity index (χ3v) is 2.69. The Bertz CT molecular complexity index is 712. The molecule has 6 heteroatoms. The Morgan fingerprint density at radius 3 is 2.42 bits per heavy atom. The molecule has 0 unspecified atom stereocenters. The summed E-state index contributed by atoms with van der Waals surface area (Å²) in [5.41, 5.74) is -0.783. The van der Waals surface area contributed by atoms with Gasteiger partial charge in [-0.1, -0.05) is 6.07 Å². The predicted molar refractivity (Wildman–Crippen MR) is 70.8 cm³/mol. The number of carbonyl (C=O) groups is 1. The van der Waals surface area contributed by atoms with E-state index in [-0.39, 0.29) is 28.6 Å². The second kappa shape index (κ2) is 4.56. The first-order valence-electron chi connectivity index (χ1n) is 5.53. The Labute approximate surface area is 108 Å². The van der Waals surface area contributed by atoms with E-state index in [1.165, 1.54) is 17.0 Å². The van der Waals surface area contributed by atoms with E-state index < -0.39 is 10.9 Å². The number of hydrogen-bond donors (Lipinski definition) is 2. The van der Waals surface area contributed by atoms with Crippen molar-refractivity contribution in [1.29, 1.82) is 0 Å². The fourth-order valence-electron chi connectivity index (χ4n) is 1.61. The van der Waals surface area contributed by atoms with Crippen LogP contribution < -0.4 is 16.2 Å². The molecule has 98 valence electrons. The fraction of sp³-hybridized carbons (Fsp3) is 0.154. The van der Waals surface area contributed by atoms with Gasteiger partial charge in [0.05, 0.1) is 16.9 Å². The van der Waals surface area contributed by atoms with Crippen molar-refractivity contribution in [3.63, 3.8) is 0 Å². The number of hydrogen-bond acceptors (Lipinski definition) is 5. The van der Waals surface area contributed by atoms with Crippen molar-refractivity contribution < 1.29 is 9.90 Å². The minimum atomic E-state index is -0.635. The van der Waals surface area contributed by atoms with Crippen molar-refractivity contribution >= 4 is 17.3 Å². The molecule has 0 atom stereocenters. The summed E-state index contributed by atoms with van der Waals surface area (Å²) in [6.07, 6.45) is 0. The van der Waals surface area contributed by atoms with E-state index in [2.05, 4.69) is 5.32 Å². The van der Waals surface area contributed by atoms with Crippen molar-refractivity contribution in [3.05, 3.63) is 50.3 Å². The summed E-state index contributed by atoms with van der Waals surface area (Å²) < 4.78 is 0. The van der Waals surface area contributed by atoms with Crippen molar-refractivity contribution in [3.8, 4) is 5.75 Å². The summed E-state index contributed by atoms with van der Waals surface area (Å²) in [4.78, 5) is 35.1. The molecule has 19 heavy (non-hydrogen) atoms. The number of carbonyl (C=O) groups excluding carboxylic acids is 1. The van der Waals surface area contributed by atoms with Gasteiger partial charge in [-0.15, -0.1) is 0 Å². The zero-order valence-electron chi connectivity index (χ0n) is 10.4. The largest absolute Gasteiger partial charge is 0.505 e. The molecule has 0 fully saturated rings. The highest BCUT2D eigenvalue weighted by Crippen LogP contribution is 2.29. The second-order valence-corrected chi connectivity index (χ2v) is 4.28. The minimum absolute atomic E-state index is 0.106. The van der Waals surface area contributed by atoms with E-state index in [0.717, 1.165) is 6.07 Å². The van der Waals surface area contributed by atoms with Crippen LogP contribution >= 0.6 is 0 Å². The molecule has 0 aliphatic rings. The number of nitrogens with one attached hydrogen (secondary N) is 1. The standard InChI is InChI=1S/C13H12N2O4/c1-15(2)13(19)7-4-3-5-8(11(7)17)14-9-6-10(16)12(9)18/h3-6,14,17H,1-2H3. The first-order chi connectivity index (χ1) is 8.91. The fourth-order valence-corrected chi connectivity index (χ4v) is 1.61. The third kappa shape index (κ3) is 2.20. The van der Waals surface area contributed by atoms with Gasteiger partial charge in [0.15, 0.2) is 5.75 Å². The highest BCUT2D eigenvalue weighted by Gasteiger charge is 2.17. The smallest absolute Gasteiger partial charge is 0.257 e. The van der Waals surface area contributed by atoms with E-state index >= 15 is 0 Å². The van der Waals surface area contributed by atoms with Gasteiger partial charge in [0.1, 0.15) is 0 Å².